The fraction of sp³-hybridized carbons (Fsp3) is 0.250. The van der Waals surface area contributed by atoms with E-state index < -0.39 is 0 Å². The molecule has 0 saturated carbocycles. The quantitative estimate of drug-likeness (QED) is 0.271. The summed E-state index contributed by atoms with van der Waals surface area (Å²) in [5, 5.41) is 4.73. The van der Waals surface area contributed by atoms with Gasteiger partial charge in [0.2, 0.25) is 0 Å². The summed E-state index contributed by atoms with van der Waals surface area (Å²) in [5.41, 5.74) is 7.77. The van der Waals surface area contributed by atoms with Gasteiger partial charge in [0, 0.05) is 21.5 Å². The van der Waals surface area contributed by atoms with Crippen molar-refractivity contribution in [2.24, 2.45) is 0 Å². The number of hydrogen-bond acceptors (Lipinski definition) is 2. The first kappa shape index (κ1) is 21.0. The number of furan rings is 2. The van der Waals surface area contributed by atoms with Gasteiger partial charge in [-0.15, -0.1) is 0 Å². The normalized spacial score (nSPS) is 13.0. The van der Waals surface area contributed by atoms with E-state index in [0.717, 1.165) is 28.8 Å². The van der Waals surface area contributed by atoms with Gasteiger partial charge in [0.15, 0.2) is 0 Å². The smallest absolute Gasteiger partial charge is 0.135 e. The SMILES string of the molecule is CC(C)(C)c1ccc2c(c1)oc1cc(CC(C)(C)c3ccc4oc5ccccc5c4c3)ccc12. The van der Waals surface area contributed by atoms with E-state index in [0.29, 0.717) is 0 Å². The molecule has 6 rings (SSSR count). The monoisotopic (exact) mass is 446 g/mol. The predicted molar refractivity (Wildman–Crippen MR) is 143 cm³/mol. The van der Waals surface area contributed by atoms with Gasteiger partial charge in [-0.05, 0) is 64.3 Å². The molecule has 0 aliphatic rings. The molecule has 0 saturated heterocycles. The van der Waals surface area contributed by atoms with Crippen molar-refractivity contribution in [3.05, 3.63) is 95.6 Å². The van der Waals surface area contributed by atoms with Crippen molar-refractivity contribution < 1.29 is 8.83 Å². The molecule has 0 aliphatic heterocycles. The van der Waals surface area contributed by atoms with Crippen LogP contribution in [0.25, 0.3) is 43.9 Å². The van der Waals surface area contributed by atoms with Crippen LogP contribution < -0.4 is 0 Å². The standard InChI is InChI=1S/C32H30O2/c1-31(2,3)21-11-14-25-24-13-10-20(16-29(24)34-30(25)18-21)19-32(4,5)22-12-15-28-26(17-22)23-8-6-7-9-27(23)33-28/h6-18H,19H2,1-5H3. The first-order valence-electron chi connectivity index (χ1n) is 12.1. The van der Waals surface area contributed by atoms with E-state index in [4.69, 9.17) is 8.83 Å². The Hall–Kier alpha value is -3.52. The lowest BCUT2D eigenvalue weighted by atomic mass is 9.78. The third-order valence-corrected chi connectivity index (χ3v) is 7.21. The van der Waals surface area contributed by atoms with E-state index in [9.17, 15) is 0 Å². The second-order valence-corrected chi connectivity index (χ2v) is 11.3. The summed E-state index contributed by atoms with van der Waals surface area (Å²) in [6.45, 7) is 11.3. The Bertz CT molecular complexity index is 1690. The van der Waals surface area contributed by atoms with Crippen LogP contribution in [-0.2, 0) is 17.3 Å². The van der Waals surface area contributed by atoms with Crippen molar-refractivity contribution in [3.63, 3.8) is 0 Å². The van der Waals surface area contributed by atoms with Gasteiger partial charge in [-0.2, -0.15) is 0 Å². The van der Waals surface area contributed by atoms with Crippen LogP contribution in [0.15, 0.2) is 87.7 Å². The van der Waals surface area contributed by atoms with Gasteiger partial charge < -0.3 is 8.83 Å². The van der Waals surface area contributed by atoms with Crippen LogP contribution in [0, 0.1) is 0 Å². The van der Waals surface area contributed by atoms with Crippen LogP contribution in [-0.4, -0.2) is 0 Å². The Morgan fingerprint density at radius 3 is 1.94 bits per heavy atom. The molecule has 2 aromatic heterocycles. The highest BCUT2D eigenvalue weighted by Crippen LogP contribution is 2.37. The zero-order valence-electron chi connectivity index (χ0n) is 20.5. The maximum absolute atomic E-state index is 6.33. The molecule has 0 bridgehead atoms. The molecular formula is C32H30O2. The maximum atomic E-state index is 6.33. The van der Waals surface area contributed by atoms with Crippen molar-refractivity contribution in [3.8, 4) is 0 Å². The van der Waals surface area contributed by atoms with Crippen molar-refractivity contribution in [2.75, 3.05) is 0 Å². The van der Waals surface area contributed by atoms with E-state index >= 15 is 0 Å². The summed E-state index contributed by atoms with van der Waals surface area (Å²) in [5.74, 6) is 0. The Labute approximate surface area is 200 Å². The van der Waals surface area contributed by atoms with Crippen molar-refractivity contribution in [2.45, 2.75) is 51.9 Å². The van der Waals surface area contributed by atoms with Crippen molar-refractivity contribution >= 4 is 43.9 Å². The van der Waals surface area contributed by atoms with Crippen molar-refractivity contribution in [1.29, 1.82) is 0 Å². The maximum Gasteiger partial charge on any atom is 0.135 e. The Kier molecular flexibility index (Phi) is 4.48. The lowest BCUT2D eigenvalue weighted by Gasteiger charge is -2.25. The van der Waals surface area contributed by atoms with E-state index in [-0.39, 0.29) is 10.8 Å². The molecule has 0 atom stereocenters. The van der Waals surface area contributed by atoms with E-state index in [2.05, 4.69) is 101 Å². The van der Waals surface area contributed by atoms with Crippen LogP contribution in [0.1, 0.15) is 51.3 Å². The number of benzene rings is 4. The molecule has 170 valence electrons. The van der Waals surface area contributed by atoms with E-state index in [1.807, 2.05) is 12.1 Å². The molecule has 2 heterocycles. The lowest BCUT2D eigenvalue weighted by molar-refractivity contribution is 0.522. The zero-order valence-corrected chi connectivity index (χ0v) is 20.5. The molecule has 0 radical (unpaired) electrons. The predicted octanol–water partition coefficient (Wildman–Crippen LogP) is 9.30. The molecule has 2 nitrogen and oxygen atoms in total. The van der Waals surface area contributed by atoms with E-state index in [1.54, 1.807) is 0 Å². The Morgan fingerprint density at radius 2 is 1.15 bits per heavy atom. The first-order chi connectivity index (χ1) is 16.2. The third kappa shape index (κ3) is 3.40. The van der Waals surface area contributed by atoms with Crippen LogP contribution in [0.2, 0.25) is 0 Å². The highest BCUT2D eigenvalue weighted by molar-refractivity contribution is 6.06. The molecule has 0 spiro atoms. The molecular weight excluding hydrogens is 416 g/mol. The summed E-state index contributed by atoms with van der Waals surface area (Å²) in [7, 11) is 0. The van der Waals surface area contributed by atoms with E-state index in [1.165, 1.54) is 38.2 Å². The van der Waals surface area contributed by atoms with Gasteiger partial charge >= 0.3 is 0 Å². The molecule has 0 fully saturated rings. The van der Waals surface area contributed by atoms with Gasteiger partial charge in [-0.1, -0.05) is 83.1 Å². The minimum absolute atomic E-state index is 0.0361. The van der Waals surface area contributed by atoms with Gasteiger partial charge in [0.25, 0.3) is 0 Å². The van der Waals surface area contributed by atoms with Crippen LogP contribution in [0.4, 0.5) is 0 Å². The number of rotatable bonds is 3. The molecule has 4 aromatic carbocycles. The number of fused-ring (bicyclic) bond motifs is 6. The zero-order chi connectivity index (χ0) is 23.7. The average Bonchev–Trinajstić information content (AvgIpc) is 3.34. The largest absolute Gasteiger partial charge is 0.456 e. The summed E-state index contributed by atoms with van der Waals surface area (Å²) >= 11 is 0. The molecule has 34 heavy (non-hydrogen) atoms. The second kappa shape index (κ2) is 7.24. The minimum Gasteiger partial charge on any atom is -0.456 e. The van der Waals surface area contributed by atoms with Crippen LogP contribution in [0.5, 0.6) is 0 Å². The highest BCUT2D eigenvalue weighted by Gasteiger charge is 2.23. The second-order valence-electron chi connectivity index (χ2n) is 11.3. The minimum atomic E-state index is -0.0361. The summed E-state index contributed by atoms with van der Waals surface area (Å²) in [4.78, 5) is 0. The summed E-state index contributed by atoms with van der Waals surface area (Å²) in [6, 6.07) is 28.2. The average molecular weight is 447 g/mol. The summed E-state index contributed by atoms with van der Waals surface area (Å²) in [6.07, 6.45) is 0.925. The fourth-order valence-corrected chi connectivity index (χ4v) is 5.16. The third-order valence-electron chi connectivity index (χ3n) is 7.21. The van der Waals surface area contributed by atoms with Crippen LogP contribution >= 0.6 is 0 Å². The molecule has 0 amide bonds. The molecule has 0 aliphatic carbocycles. The molecule has 6 aromatic rings. The Balaban J connectivity index is 1.37. The molecule has 0 N–H and O–H groups in total. The fourth-order valence-electron chi connectivity index (χ4n) is 5.16. The van der Waals surface area contributed by atoms with Gasteiger partial charge in [0.05, 0.1) is 0 Å². The number of para-hydroxylation sites is 1. The summed E-state index contributed by atoms with van der Waals surface area (Å²) < 4.78 is 12.4. The molecule has 0 unspecified atom stereocenters. The molecule has 2 heteroatoms. The van der Waals surface area contributed by atoms with Crippen LogP contribution in [0.3, 0.4) is 0 Å². The lowest BCUT2D eigenvalue weighted by Crippen LogP contribution is -2.20. The topological polar surface area (TPSA) is 26.3 Å². The Morgan fingerprint density at radius 1 is 0.529 bits per heavy atom. The van der Waals surface area contributed by atoms with Crippen molar-refractivity contribution in [1.82, 2.24) is 0 Å². The van der Waals surface area contributed by atoms with Gasteiger partial charge in [-0.25, -0.2) is 0 Å². The van der Waals surface area contributed by atoms with Gasteiger partial charge in [-0.3, -0.25) is 0 Å². The number of hydrogen-bond donors (Lipinski definition) is 0. The first-order valence-corrected chi connectivity index (χ1v) is 12.1. The highest BCUT2D eigenvalue weighted by atomic mass is 16.3. The van der Waals surface area contributed by atoms with Gasteiger partial charge in [0.1, 0.15) is 22.3 Å².